The molecule has 2 aliphatic rings. The van der Waals surface area contributed by atoms with E-state index in [2.05, 4.69) is 153 Å². The summed E-state index contributed by atoms with van der Waals surface area (Å²) in [5.74, 6) is 2.18. The van der Waals surface area contributed by atoms with Gasteiger partial charge in [0, 0.05) is 11.8 Å². The Labute approximate surface area is 351 Å². The molecule has 0 amide bonds. The summed E-state index contributed by atoms with van der Waals surface area (Å²) in [6.45, 7) is 2.16. The lowest BCUT2D eigenvalue weighted by molar-refractivity contribution is -0.0585. The Kier molecular flexibility index (Phi) is 13.8. The van der Waals surface area contributed by atoms with Crippen LogP contribution in [0.4, 0.5) is 26.3 Å². The van der Waals surface area contributed by atoms with Crippen molar-refractivity contribution < 1.29 is 51.9 Å². The van der Waals surface area contributed by atoms with Gasteiger partial charge < -0.3 is 5.11 Å². The maximum absolute atomic E-state index is 11.4. The van der Waals surface area contributed by atoms with E-state index < -0.39 is 31.3 Å². The van der Waals surface area contributed by atoms with Crippen LogP contribution >= 0.6 is 0 Å². The van der Waals surface area contributed by atoms with Crippen LogP contribution in [0.3, 0.4) is 0 Å². The van der Waals surface area contributed by atoms with E-state index in [9.17, 15) is 48.3 Å². The van der Waals surface area contributed by atoms with E-state index in [1.807, 2.05) is 3.63 Å². The van der Waals surface area contributed by atoms with Crippen molar-refractivity contribution in [3.8, 4) is 5.75 Å². The molecule has 0 fully saturated rings. The average molecular weight is 881 g/mol. The van der Waals surface area contributed by atoms with Gasteiger partial charge in [0.05, 0.1) is 0 Å². The standard InChI is InChI=1S/C23H22.C22H20O.C2F6O5S2/c1-17-11-13-20(14-12-17)23-21-10-6-5-9-19(21)15-16-22(23)18-7-3-2-4-8-18;23-19-13-10-18(11-14-19)22-20-9-5-4-8-17(20)12-15-21(22)16-6-2-1-3-7-16;3-1(4,5)14(9,10)13-15(11,12)2(6,7)8/h2-14,22-23H,15-16H2,1H3;1-11,13-14,21-23H,12,15H2;. The first-order valence-electron chi connectivity index (χ1n) is 19.3. The summed E-state index contributed by atoms with van der Waals surface area (Å²) in [6.07, 6.45) is 4.69. The molecule has 320 valence electrons. The summed E-state index contributed by atoms with van der Waals surface area (Å²) in [5.41, 5.74) is 0.316. The second-order valence-electron chi connectivity index (χ2n) is 14.8. The normalized spacial score (nSPS) is 18.9. The Balaban J connectivity index is 0.000000158. The zero-order valence-electron chi connectivity index (χ0n) is 32.7. The third-order valence-electron chi connectivity index (χ3n) is 10.9. The molecule has 61 heavy (non-hydrogen) atoms. The topological polar surface area (TPSA) is 97.7 Å². The number of fused-ring (bicyclic) bond motifs is 2. The van der Waals surface area contributed by atoms with Gasteiger partial charge in [-0.1, -0.05) is 151 Å². The zero-order valence-corrected chi connectivity index (χ0v) is 34.4. The molecule has 0 saturated carbocycles. The molecule has 0 saturated heterocycles. The summed E-state index contributed by atoms with van der Waals surface area (Å²) >= 11 is 0. The van der Waals surface area contributed by atoms with E-state index in [0.717, 1.165) is 12.8 Å². The van der Waals surface area contributed by atoms with E-state index in [4.69, 9.17) is 0 Å². The molecule has 0 radical (unpaired) electrons. The number of phenols is 1. The monoisotopic (exact) mass is 880 g/mol. The van der Waals surface area contributed by atoms with Gasteiger partial charge in [-0.25, -0.2) is 0 Å². The maximum atomic E-state index is 11.4. The molecule has 2 aliphatic carbocycles. The van der Waals surface area contributed by atoms with Crippen molar-refractivity contribution in [2.75, 3.05) is 0 Å². The Bertz CT molecular complexity index is 2420. The van der Waals surface area contributed by atoms with Crippen molar-refractivity contribution in [3.05, 3.63) is 208 Å². The van der Waals surface area contributed by atoms with Crippen molar-refractivity contribution in [3.63, 3.8) is 0 Å². The molecular weight excluding hydrogens is 839 g/mol. The van der Waals surface area contributed by atoms with Crippen molar-refractivity contribution in [1.82, 2.24) is 0 Å². The predicted octanol–water partition coefficient (Wildman–Crippen LogP) is 11.8. The van der Waals surface area contributed by atoms with Gasteiger partial charge in [0.15, 0.2) is 0 Å². The van der Waals surface area contributed by atoms with Crippen LogP contribution in [0.1, 0.15) is 86.6 Å². The Morgan fingerprint density at radius 1 is 0.475 bits per heavy atom. The lowest BCUT2D eigenvalue weighted by atomic mass is 9.69. The van der Waals surface area contributed by atoms with Gasteiger partial charge in [0.2, 0.25) is 0 Å². The molecule has 4 atom stereocenters. The fraction of sp³-hybridized carbons (Fsp3) is 0.234. The summed E-state index contributed by atoms with van der Waals surface area (Å²) in [4.78, 5) is 0. The molecule has 6 aromatic carbocycles. The molecule has 0 aromatic heterocycles. The van der Waals surface area contributed by atoms with Crippen molar-refractivity contribution in [2.45, 2.75) is 67.3 Å². The molecule has 0 aliphatic heterocycles. The van der Waals surface area contributed by atoms with E-state index in [1.54, 1.807) is 12.1 Å². The first-order valence-corrected chi connectivity index (χ1v) is 22.1. The minimum Gasteiger partial charge on any atom is -0.508 e. The summed E-state index contributed by atoms with van der Waals surface area (Å²) in [5, 5.41) is 9.63. The second-order valence-corrected chi connectivity index (χ2v) is 18.1. The van der Waals surface area contributed by atoms with Gasteiger partial charge in [0.25, 0.3) is 0 Å². The number of aromatic hydroxyl groups is 1. The molecular formula is C47H42F6O6S2. The summed E-state index contributed by atoms with van der Waals surface area (Å²) in [7, 11) is -13.7. The number of aryl methyl sites for hydroxylation is 3. The quantitative estimate of drug-likeness (QED) is 0.132. The third-order valence-corrected chi connectivity index (χ3v) is 13.5. The van der Waals surface area contributed by atoms with Crippen molar-refractivity contribution >= 4 is 20.2 Å². The highest BCUT2D eigenvalue weighted by Gasteiger charge is 2.57. The van der Waals surface area contributed by atoms with Crippen molar-refractivity contribution in [1.29, 1.82) is 0 Å². The minimum atomic E-state index is -6.85. The van der Waals surface area contributed by atoms with Crippen LogP contribution in [0, 0.1) is 6.92 Å². The van der Waals surface area contributed by atoms with E-state index in [1.165, 1.54) is 62.9 Å². The van der Waals surface area contributed by atoms with Crippen LogP contribution < -0.4 is 0 Å². The van der Waals surface area contributed by atoms with Gasteiger partial charge in [-0.05, 0) is 101 Å². The SMILES string of the molecule is Cc1ccc(C2c3ccccc3CCC2c2ccccc2)cc1.O=S(=O)(OS(=O)(=O)C(F)(F)F)C(F)(F)F.Oc1ccc(C2c3ccccc3CCC2c2ccccc2)cc1. The van der Waals surface area contributed by atoms with E-state index >= 15 is 0 Å². The lowest BCUT2D eigenvalue weighted by Gasteiger charge is -2.34. The number of phenolic OH excluding ortho intramolecular Hbond substituents is 1. The fourth-order valence-corrected chi connectivity index (χ4v) is 9.67. The number of benzene rings is 6. The number of halogens is 6. The predicted molar refractivity (Wildman–Crippen MR) is 222 cm³/mol. The van der Waals surface area contributed by atoms with Gasteiger partial charge in [0.1, 0.15) is 5.75 Å². The zero-order chi connectivity index (χ0) is 44.0. The van der Waals surface area contributed by atoms with Crippen LogP contribution in [0.5, 0.6) is 5.75 Å². The molecule has 0 bridgehead atoms. The highest BCUT2D eigenvalue weighted by molar-refractivity contribution is 8.00. The Morgan fingerprint density at radius 2 is 0.820 bits per heavy atom. The van der Waals surface area contributed by atoms with Gasteiger partial charge in [-0.3, -0.25) is 0 Å². The molecule has 8 rings (SSSR count). The first-order chi connectivity index (χ1) is 28.9. The number of hydrogen-bond acceptors (Lipinski definition) is 6. The average Bonchev–Trinajstić information content (AvgIpc) is 3.23. The van der Waals surface area contributed by atoms with E-state index in [-0.39, 0.29) is 0 Å². The summed E-state index contributed by atoms with van der Waals surface area (Å²) in [6, 6.07) is 56.5. The Hall–Kier alpha value is -5.44. The minimum absolute atomic E-state index is 0.328. The lowest BCUT2D eigenvalue weighted by Crippen LogP contribution is -2.34. The maximum Gasteiger partial charge on any atom is 0.524 e. The number of alkyl halides is 6. The van der Waals surface area contributed by atoms with Crippen molar-refractivity contribution in [2.24, 2.45) is 0 Å². The molecule has 0 heterocycles. The van der Waals surface area contributed by atoms with Gasteiger partial charge >= 0.3 is 31.3 Å². The van der Waals surface area contributed by atoms with Crippen LogP contribution in [0.2, 0.25) is 0 Å². The Morgan fingerprint density at radius 3 is 1.20 bits per heavy atom. The third kappa shape index (κ3) is 10.7. The second kappa shape index (κ2) is 18.7. The van der Waals surface area contributed by atoms with E-state index in [0.29, 0.717) is 29.4 Å². The molecule has 6 aromatic rings. The van der Waals surface area contributed by atoms with Gasteiger partial charge in [-0.15, -0.1) is 3.63 Å². The molecule has 4 unspecified atom stereocenters. The molecule has 6 nitrogen and oxygen atoms in total. The smallest absolute Gasteiger partial charge is 0.508 e. The van der Waals surface area contributed by atoms with Crippen LogP contribution in [-0.4, -0.2) is 33.0 Å². The van der Waals surface area contributed by atoms with Crippen LogP contribution in [-0.2, 0) is 36.7 Å². The molecule has 0 spiro atoms. The molecule has 14 heteroatoms. The number of rotatable bonds is 6. The van der Waals surface area contributed by atoms with Crippen LogP contribution in [0.25, 0.3) is 0 Å². The van der Waals surface area contributed by atoms with Crippen LogP contribution in [0.15, 0.2) is 158 Å². The molecule has 1 N–H and O–H groups in total. The largest absolute Gasteiger partial charge is 0.524 e. The first kappa shape index (κ1) is 45.1. The van der Waals surface area contributed by atoms with Gasteiger partial charge in [-0.2, -0.15) is 43.2 Å². The highest BCUT2D eigenvalue weighted by Crippen LogP contribution is 2.47. The summed E-state index contributed by atoms with van der Waals surface area (Å²) < 4.78 is 110. The fourth-order valence-electron chi connectivity index (χ4n) is 8.11. The highest BCUT2D eigenvalue weighted by atomic mass is 32.3. The number of hydrogen-bond donors (Lipinski definition) is 1.